The minimum absolute atomic E-state index is 0.655. The van der Waals surface area contributed by atoms with Crippen molar-refractivity contribution in [1.82, 2.24) is 9.38 Å². The summed E-state index contributed by atoms with van der Waals surface area (Å²) in [5.74, 6) is 0. The van der Waals surface area contributed by atoms with E-state index in [1.54, 1.807) is 0 Å². The Kier molecular flexibility index (Phi) is 2.98. The van der Waals surface area contributed by atoms with Crippen molar-refractivity contribution in [3.8, 4) is 0 Å². The monoisotopic (exact) mass is 276 g/mol. The zero-order valence-corrected chi connectivity index (χ0v) is 11.0. The Labute approximate surface area is 115 Å². The molecule has 0 saturated heterocycles. The first-order valence-corrected chi connectivity index (χ1v) is 6.35. The van der Waals surface area contributed by atoms with Crippen LogP contribution in [0.2, 0.25) is 10.0 Å². The average molecular weight is 277 g/mol. The number of fused-ring (bicyclic) bond motifs is 1. The third kappa shape index (κ3) is 2.09. The van der Waals surface area contributed by atoms with Crippen LogP contribution in [0.4, 0.5) is 0 Å². The third-order valence-corrected chi connectivity index (χ3v) is 3.48. The maximum absolute atomic E-state index is 6.14. The van der Waals surface area contributed by atoms with E-state index in [1.165, 1.54) is 0 Å². The minimum atomic E-state index is 0.655. The van der Waals surface area contributed by atoms with Gasteiger partial charge in [-0.1, -0.05) is 41.4 Å². The fourth-order valence-electron chi connectivity index (χ4n) is 1.95. The number of benzene rings is 1. The van der Waals surface area contributed by atoms with E-state index in [1.807, 2.05) is 53.2 Å². The molecule has 0 bridgehead atoms. The molecule has 0 aliphatic heterocycles. The van der Waals surface area contributed by atoms with Crippen molar-refractivity contribution in [1.29, 1.82) is 0 Å². The summed E-state index contributed by atoms with van der Waals surface area (Å²) < 4.78 is 1.93. The van der Waals surface area contributed by atoms with Crippen LogP contribution in [0.15, 0.2) is 48.8 Å². The fraction of sp³-hybridized carbons (Fsp3) is 0.0714. The Morgan fingerprint density at radius 3 is 2.56 bits per heavy atom. The third-order valence-electron chi connectivity index (χ3n) is 2.81. The molecule has 0 saturated carbocycles. The number of imidazole rings is 1. The van der Waals surface area contributed by atoms with Crippen LogP contribution in [0.3, 0.4) is 0 Å². The van der Waals surface area contributed by atoms with Gasteiger partial charge >= 0.3 is 0 Å². The molecular formula is C14H10Cl2N2. The molecule has 0 N–H and O–H groups in total. The summed E-state index contributed by atoms with van der Waals surface area (Å²) in [4.78, 5) is 4.52. The normalized spacial score (nSPS) is 11.0. The van der Waals surface area contributed by atoms with Crippen molar-refractivity contribution in [3.63, 3.8) is 0 Å². The quantitative estimate of drug-likeness (QED) is 0.685. The molecule has 0 radical (unpaired) electrons. The fourth-order valence-corrected chi connectivity index (χ4v) is 2.37. The standard InChI is InChI=1S/C14H10Cl2N2/c15-12-5-2-1-4-10(12)8-11-9-18-7-3-6-13(16)14(18)17-11/h1-7,9H,8H2. The molecule has 0 aliphatic carbocycles. The van der Waals surface area contributed by atoms with Gasteiger partial charge in [-0.05, 0) is 23.8 Å². The van der Waals surface area contributed by atoms with E-state index in [-0.39, 0.29) is 0 Å². The van der Waals surface area contributed by atoms with Gasteiger partial charge in [0, 0.05) is 23.8 Å². The van der Waals surface area contributed by atoms with Crippen LogP contribution in [0.1, 0.15) is 11.3 Å². The van der Waals surface area contributed by atoms with Gasteiger partial charge in [0.15, 0.2) is 5.65 Å². The van der Waals surface area contributed by atoms with Crippen LogP contribution < -0.4 is 0 Å². The second kappa shape index (κ2) is 4.63. The predicted molar refractivity (Wildman–Crippen MR) is 74.5 cm³/mol. The van der Waals surface area contributed by atoms with Gasteiger partial charge in [-0.2, -0.15) is 0 Å². The molecular weight excluding hydrogens is 267 g/mol. The molecule has 0 aliphatic rings. The van der Waals surface area contributed by atoms with Gasteiger partial charge in [-0.15, -0.1) is 0 Å². The maximum Gasteiger partial charge on any atom is 0.155 e. The highest BCUT2D eigenvalue weighted by Crippen LogP contribution is 2.21. The smallest absolute Gasteiger partial charge is 0.155 e. The van der Waals surface area contributed by atoms with Gasteiger partial charge in [0.1, 0.15) is 0 Å². The number of hydrogen-bond donors (Lipinski definition) is 0. The highest BCUT2D eigenvalue weighted by molar-refractivity contribution is 6.33. The summed E-state index contributed by atoms with van der Waals surface area (Å²) in [5, 5.41) is 1.42. The molecule has 90 valence electrons. The number of rotatable bonds is 2. The Balaban J connectivity index is 2.01. The molecule has 0 spiro atoms. The molecule has 3 aromatic rings. The largest absolute Gasteiger partial charge is 0.306 e. The van der Waals surface area contributed by atoms with Crippen molar-refractivity contribution in [2.75, 3.05) is 0 Å². The van der Waals surface area contributed by atoms with Crippen molar-refractivity contribution in [2.45, 2.75) is 6.42 Å². The molecule has 2 nitrogen and oxygen atoms in total. The predicted octanol–water partition coefficient (Wildman–Crippen LogP) is 4.23. The van der Waals surface area contributed by atoms with E-state index in [0.717, 1.165) is 21.9 Å². The summed E-state index contributed by atoms with van der Waals surface area (Å²) in [6.45, 7) is 0. The minimum Gasteiger partial charge on any atom is -0.306 e. The first kappa shape index (κ1) is 11.6. The highest BCUT2D eigenvalue weighted by Gasteiger charge is 2.07. The van der Waals surface area contributed by atoms with E-state index in [2.05, 4.69) is 4.98 Å². The van der Waals surface area contributed by atoms with Gasteiger partial charge in [-0.25, -0.2) is 4.98 Å². The van der Waals surface area contributed by atoms with Crippen LogP contribution in [-0.4, -0.2) is 9.38 Å². The van der Waals surface area contributed by atoms with Crippen LogP contribution in [0.5, 0.6) is 0 Å². The van der Waals surface area contributed by atoms with Crippen molar-refractivity contribution in [3.05, 3.63) is 70.1 Å². The zero-order chi connectivity index (χ0) is 12.5. The van der Waals surface area contributed by atoms with E-state index in [4.69, 9.17) is 23.2 Å². The van der Waals surface area contributed by atoms with Gasteiger partial charge in [-0.3, -0.25) is 0 Å². The number of pyridine rings is 1. The molecule has 0 fully saturated rings. The number of nitrogens with zero attached hydrogens (tertiary/aromatic N) is 2. The lowest BCUT2D eigenvalue weighted by atomic mass is 10.1. The Morgan fingerprint density at radius 1 is 1.00 bits per heavy atom. The Morgan fingerprint density at radius 2 is 1.78 bits per heavy atom. The summed E-state index contributed by atoms with van der Waals surface area (Å²) in [6, 6.07) is 11.5. The number of hydrogen-bond acceptors (Lipinski definition) is 1. The van der Waals surface area contributed by atoms with Gasteiger partial charge in [0.25, 0.3) is 0 Å². The molecule has 0 amide bonds. The molecule has 4 heteroatoms. The first-order chi connectivity index (χ1) is 8.74. The first-order valence-electron chi connectivity index (χ1n) is 5.59. The highest BCUT2D eigenvalue weighted by atomic mass is 35.5. The van der Waals surface area contributed by atoms with E-state index in [0.29, 0.717) is 11.4 Å². The molecule has 3 rings (SSSR count). The lowest BCUT2D eigenvalue weighted by Crippen LogP contribution is -1.88. The van der Waals surface area contributed by atoms with Crippen LogP contribution in [0.25, 0.3) is 5.65 Å². The van der Waals surface area contributed by atoms with Crippen LogP contribution in [-0.2, 0) is 6.42 Å². The zero-order valence-electron chi connectivity index (χ0n) is 9.48. The SMILES string of the molecule is Clc1ccccc1Cc1cn2cccc(Cl)c2n1. The topological polar surface area (TPSA) is 17.3 Å². The molecule has 2 aromatic heterocycles. The second-order valence-electron chi connectivity index (χ2n) is 4.09. The van der Waals surface area contributed by atoms with Crippen LogP contribution >= 0.6 is 23.2 Å². The lowest BCUT2D eigenvalue weighted by molar-refractivity contribution is 1.11. The molecule has 0 unspecified atom stereocenters. The Hall–Kier alpha value is -1.51. The van der Waals surface area contributed by atoms with E-state index >= 15 is 0 Å². The van der Waals surface area contributed by atoms with Crippen molar-refractivity contribution < 1.29 is 0 Å². The maximum atomic E-state index is 6.14. The van der Waals surface area contributed by atoms with Gasteiger partial charge in [0.05, 0.1) is 10.7 Å². The molecule has 0 atom stereocenters. The molecule has 2 heterocycles. The van der Waals surface area contributed by atoms with Gasteiger partial charge in [0.2, 0.25) is 0 Å². The van der Waals surface area contributed by atoms with Crippen molar-refractivity contribution in [2.24, 2.45) is 0 Å². The second-order valence-corrected chi connectivity index (χ2v) is 4.90. The number of aromatic nitrogens is 2. The van der Waals surface area contributed by atoms with Crippen molar-refractivity contribution >= 4 is 28.8 Å². The lowest BCUT2D eigenvalue weighted by Gasteiger charge is -2.00. The summed E-state index contributed by atoms with van der Waals surface area (Å²) >= 11 is 12.2. The van der Waals surface area contributed by atoms with Gasteiger partial charge < -0.3 is 4.40 Å². The summed E-state index contributed by atoms with van der Waals surface area (Å²) in [6.07, 6.45) is 4.62. The van der Waals surface area contributed by atoms with Crippen LogP contribution in [0, 0.1) is 0 Å². The summed E-state index contributed by atoms with van der Waals surface area (Å²) in [7, 11) is 0. The molecule has 18 heavy (non-hydrogen) atoms. The Bertz CT molecular complexity index is 704. The van der Waals surface area contributed by atoms with E-state index in [9.17, 15) is 0 Å². The average Bonchev–Trinajstić information content (AvgIpc) is 2.76. The van der Waals surface area contributed by atoms with E-state index < -0.39 is 0 Å². The summed E-state index contributed by atoms with van der Waals surface area (Å²) in [5.41, 5.74) is 2.80. The number of halogens is 2. The molecule has 1 aromatic carbocycles.